The normalized spacial score (nSPS) is 12.4. The summed E-state index contributed by atoms with van der Waals surface area (Å²) < 4.78 is 4.64. The van der Waals surface area contributed by atoms with E-state index in [1.165, 1.54) is 84.2 Å². The molecule has 1 atom stereocenters. The summed E-state index contributed by atoms with van der Waals surface area (Å²) >= 11 is 0. The number of methoxy groups -OCH3 is 1. The van der Waals surface area contributed by atoms with E-state index < -0.39 is 0 Å². The number of esters is 1. The number of ketones is 1. The average molecular weight is 409 g/mol. The monoisotopic (exact) mass is 408 g/mol. The smallest absolute Gasteiger partial charge is 0.305 e. The third-order valence-electron chi connectivity index (χ3n) is 5.61. The van der Waals surface area contributed by atoms with E-state index in [1.807, 2.05) is 6.92 Å². The zero-order valence-corrected chi connectivity index (χ0v) is 19.7. The number of allylic oxidation sites excluding steroid dienone is 2. The van der Waals surface area contributed by atoms with Gasteiger partial charge in [-0.2, -0.15) is 0 Å². The molecular weight excluding hydrogens is 360 g/mol. The summed E-state index contributed by atoms with van der Waals surface area (Å²) in [7, 11) is 1.41. The highest BCUT2D eigenvalue weighted by Crippen LogP contribution is 2.15. The summed E-state index contributed by atoms with van der Waals surface area (Å²) in [5.41, 5.74) is 0. The van der Waals surface area contributed by atoms with E-state index in [2.05, 4.69) is 23.8 Å². The second-order valence-corrected chi connectivity index (χ2v) is 8.65. The molecule has 0 N–H and O–H groups in total. The first-order valence-electron chi connectivity index (χ1n) is 12.3. The number of carbonyl (C=O) groups excluding carboxylic acids is 2. The van der Waals surface area contributed by atoms with Gasteiger partial charge in [0, 0.05) is 19.3 Å². The molecule has 29 heavy (non-hydrogen) atoms. The van der Waals surface area contributed by atoms with Crippen LogP contribution in [0.3, 0.4) is 0 Å². The van der Waals surface area contributed by atoms with Crippen LogP contribution in [0.25, 0.3) is 0 Å². The Balaban J connectivity index is 3.34. The number of hydrogen-bond donors (Lipinski definition) is 0. The van der Waals surface area contributed by atoms with Gasteiger partial charge in [0.25, 0.3) is 0 Å². The van der Waals surface area contributed by atoms with Crippen LogP contribution in [-0.2, 0) is 14.3 Å². The average Bonchev–Trinajstić information content (AvgIpc) is 2.71. The van der Waals surface area contributed by atoms with Crippen molar-refractivity contribution in [3.05, 3.63) is 12.2 Å². The maximum absolute atomic E-state index is 12.0. The Morgan fingerprint density at radius 1 is 0.759 bits per heavy atom. The van der Waals surface area contributed by atoms with Crippen molar-refractivity contribution >= 4 is 11.8 Å². The Labute approximate surface area is 181 Å². The van der Waals surface area contributed by atoms with E-state index in [0.29, 0.717) is 25.0 Å². The summed E-state index contributed by atoms with van der Waals surface area (Å²) in [5.74, 6) is 0.436. The van der Waals surface area contributed by atoms with Gasteiger partial charge in [0.05, 0.1) is 7.11 Å². The fourth-order valence-electron chi connectivity index (χ4n) is 3.63. The second kappa shape index (κ2) is 21.6. The number of ether oxygens (including phenoxy) is 1. The lowest BCUT2D eigenvalue weighted by Gasteiger charge is -2.09. The predicted octanol–water partition coefficient (Wildman–Crippen LogP) is 7.96. The van der Waals surface area contributed by atoms with Crippen LogP contribution < -0.4 is 0 Å². The molecule has 3 heteroatoms. The van der Waals surface area contributed by atoms with Gasteiger partial charge >= 0.3 is 5.97 Å². The minimum Gasteiger partial charge on any atom is -0.469 e. The molecule has 0 aromatic rings. The number of rotatable bonds is 21. The molecule has 0 saturated carbocycles. The SMILES string of the molecule is CCCCCCCC/C=C/CCCCCCCCC(=O)C[C@H](C)CCC(=O)OC. The van der Waals surface area contributed by atoms with Crippen molar-refractivity contribution in [3.63, 3.8) is 0 Å². The zero-order chi connectivity index (χ0) is 21.6. The molecule has 0 aromatic carbocycles. The Kier molecular flexibility index (Phi) is 20.8. The fourth-order valence-corrected chi connectivity index (χ4v) is 3.63. The van der Waals surface area contributed by atoms with Crippen LogP contribution in [0.4, 0.5) is 0 Å². The van der Waals surface area contributed by atoms with E-state index in [-0.39, 0.29) is 11.9 Å². The number of hydrogen-bond acceptors (Lipinski definition) is 3. The largest absolute Gasteiger partial charge is 0.469 e. The first-order chi connectivity index (χ1) is 14.1. The van der Waals surface area contributed by atoms with Crippen LogP contribution in [-0.4, -0.2) is 18.9 Å². The van der Waals surface area contributed by atoms with Gasteiger partial charge in [-0.25, -0.2) is 0 Å². The number of unbranched alkanes of at least 4 members (excludes halogenated alkanes) is 12. The molecule has 0 aromatic heterocycles. The molecule has 0 aliphatic carbocycles. The Bertz CT molecular complexity index is 414. The van der Waals surface area contributed by atoms with Crippen LogP contribution in [0.5, 0.6) is 0 Å². The maximum atomic E-state index is 12.0. The molecule has 0 aliphatic rings. The van der Waals surface area contributed by atoms with Crippen molar-refractivity contribution in [2.75, 3.05) is 7.11 Å². The standard InChI is InChI=1S/C26H48O3/c1-4-5-6-7-8-9-10-11-12-13-14-15-16-17-18-19-20-25(27)23-24(2)21-22-26(28)29-3/h11-12,24H,4-10,13-23H2,1-3H3/b12-11+/t24-/m1/s1. The topological polar surface area (TPSA) is 43.4 Å². The van der Waals surface area contributed by atoms with Crippen LogP contribution in [0.2, 0.25) is 0 Å². The molecule has 0 fully saturated rings. The van der Waals surface area contributed by atoms with Gasteiger partial charge in [-0.05, 0) is 44.4 Å². The Morgan fingerprint density at radius 3 is 1.83 bits per heavy atom. The highest BCUT2D eigenvalue weighted by atomic mass is 16.5. The van der Waals surface area contributed by atoms with Crippen LogP contribution in [0.15, 0.2) is 12.2 Å². The minimum absolute atomic E-state index is 0.183. The number of carbonyl (C=O) groups is 2. The Hall–Kier alpha value is -1.12. The molecule has 170 valence electrons. The van der Waals surface area contributed by atoms with Crippen molar-refractivity contribution in [2.45, 2.75) is 129 Å². The molecular formula is C26H48O3. The van der Waals surface area contributed by atoms with Gasteiger partial charge in [-0.1, -0.05) is 83.8 Å². The highest BCUT2D eigenvalue weighted by Gasteiger charge is 2.11. The lowest BCUT2D eigenvalue weighted by atomic mass is 9.96. The quantitative estimate of drug-likeness (QED) is 0.110. The third-order valence-corrected chi connectivity index (χ3v) is 5.61. The number of Topliss-reactive ketones (excluding diaryl/α,β-unsaturated/α-hetero) is 1. The second-order valence-electron chi connectivity index (χ2n) is 8.65. The van der Waals surface area contributed by atoms with E-state index in [0.717, 1.165) is 19.3 Å². The highest BCUT2D eigenvalue weighted by molar-refractivity contribution is 5.78. The van der Waals surface area contributed by atoms with Crippen molar-refractivity contribution in [3.8, 4) is 0 Å². The molecule has 0 aliphatic heterocycles. The Morgan fingerprint density at radius 2 is 1.28 bits per heavy atom. The zero-order valence-electron chi connectivity index (χ0n) is 19.7. The lowest BCUT2D eigenvalue weighted by Crippen LogP contribution is -2.08. The maximum Gasteiger partial charge on any atom is 0.305 e. The van der Waals surface area contributed by atoms with Gasteiger partial charge in [0.15, 0.2) is 0 Å². The van der Waals surface area contributed by atoms with E-state index in [4.69, 9.17) is 0 Å². The minimum atomic E-state index is -0.183. The molecule has 0 radical (unpaired) electrons. The van der Waals surface area contributed by atoms with Crippen LogP contribution >= 0.6 is 0 Å². The van der Waals surface area contributed by atoms with Gasteiger partial charge in [-0.3, -0.25) is 9.59 Å². The molecule has 0 bridgehead atoms. The van der Waals surface area contributed by atoms with E-state index in [1.54, 1.807) is 0 Å². The summed E-state index contributed by atoms with van der Waals surface area (Å²) in [6.07, 6.45) is 25.2. The fraction of sp³-hybridized carbons (Fsp3) is 0.846. The summed E-state index contributed by atoms with van der Waals surface area (Å²) in [4.78, 5) is 23.1. The van der Waals surface area contributed by atoms with Crippen molar-refractivity contribution in [2.24, 2.45) is 5.92 Å². The van der Waals surface area contributed by atoms with Crippen molar-refractivity contribution in [1.29, 1.82) is 0 Å². The molecule has 0 saturated heterocycles. The molecule has 0 spiro atoms. The first kappa shape index (κ1) is 27.9. The van der Waals surface area contributed by atoms with Crippen LogP contribution in [0, 0.1) is 5.92 Å². The summed E-state index contributed by atoms with van der Waals surface area (Å²) in [5, 5.41) is 0. The van der Waals surface area contributed by atoms with Crippen molar-refractivity contribution in [1.82, 2.24) is 0 Å². The lowest BCUT2D eigenvalue weighted by molar-refractivity contribution is -0.141. The third kappa shape index (κ3) is 21.4. The molecule has 0 rings (SSSR count). The predicted molar refractivity (Wildman–Crippen MR) is 124 cm³/mol. The first-order valence-corrected chi connectivity index (χ1v) is 12.3. The van der Waals surface area contributed by atoms with Crippen LogP contribution in [0.1, 0.15) is 129 Å². The van der Waals surface area contributed by atoms with Gasteiger partial charge < -0.3 is 4.74 Å². The molecule has 3 nitrogen and oxygen atoms in total. The molecule has 0 heterocycles. The summed E-state index contributed by atoms with van der Waals surface area (Å²) in [6, 6.07) is 0. The van der Waals surface area contributed by atoms with Gasteiger partial charge in [0.2, 0.25) is 0 Å². The molecule has 0 amide bonds. The van der Waals surface area contributed by atoms with E-state index in [9.17, 15) is 9.59 Å². The van der Waals surface area contributed by atoms with E-state index >= 15 is 0 Å². The summed E-state index contributed by atoms with van der Waals surface area (Å²) in [6.45, 7) is 4.31. The van der Waals surface area contributed by atoms with Crippen molar-refractivity contribution < 1.29 is 14.3 Å². The van der Waals surface area contributed by atoms with Gasteiger partial charge in [-0.15, -0.1) is 0 Å². The van der Waals surface area contributed by atoms with Gasteiger partial charge in [0.1, 0.15) is 5.78 Å². The molecule has 0 unspecified atom stereocenters.